The average molecular weight is 157 g/mol. The molecule has 0 atom stereocenters. The predicted octanol–water partition coefficient (Wildman–Crippen LogP) is 1.24. The monoisotopic (exact) mass is 157 g/mol. The van der Waals surface area contributed by atoms with Crippen LogP contribution < -0.4 is 5.48 Å². The van der Waals surface area contributed by atoms with Crippen molar-refractivity contribution in [3.05, 3.63) is 0 Å². The Balaban J connectivity index is 2.27. The summed E-state index contributed by atoms with van der Waals surface area (Å²) in [5.74, 6) is 0.246. The molecule has 1 aliphatic rings. The number of carbonyl (C=O) groups excluding carboxylic acids is 1. The van der Waals surface area contributed by atoms with Crippen molar-refractivity contribution < 1.29 is 9.63 Å². The quantitative estimate of drug-likeness (QED) is 0.612. The van der Waals surface area contributed by atoms with Gasteiger partial charge in [-0.1, -0.05) is 19.3 Å². The molecule has 11 heavy (non-hydrogen) atoms. The Bertz CT molecular complexity index is 130. The molecule has 1 rings (SSSR count). The Morgan fingerprint density at radius 2 is 2.00 bits per heavy atom. The smallest absolute Gasteiger partial charge is 0.246 e. The maximum absolute atomic E-state index is 11.2. The van der Waals surface area contributed by atoms with Gasteiger partial charge < -0.3 is 0 Å². The molecule has 1 saturated carbocycles. The normalized spacial score (nSPS) is 19.7. The zero-order valence-electron chi connectivity index (χ0n) is 6.93. The molecule has 0 unspecified atom stereocenters. The Morgan fingerprint density at radius 1 is 1.36 bits per heavy atom. The second-order valence-electron chi connectivity index (χ2n) is 3.01. The van der Waals surface area contributed by atoms with Crippen LogP contribution in [0.1, 0.15) is 32.1 Å². The number of rotatable bonds is 2. The van der Waals surface area contributed by atoms with E-state index in [9.17, 15) is 4.79 Å². The predicted molar refractivity (Wildman–Crippen MR) is 41.7 cm³/mol. The van der Waals surface area contributed by atoms with Crippen molar-refractivity contribution in [3.8, 4) is 0 Å². The third-order valence-corrected chi connectivity index (χ3v) is 2.18. The van der Waals surface area contributed by atoms with Crippen LogP contribution in [0, 0.1) is 5.92 Å². The molecule has 1 fully saturated rings. The van der Waals surface area contributed by atoms with Gasteiger partial charge in [-0.2, -0.15) is 0 Å². The van der Waals surface area contributed by atoms with Gasteiger partial charge in [0.2, 0.25) is 5.91 Å². The van der Waals surface area contributed by atoms with Crippen LogP contribution in [0.4, 0.5) is 0 Å². The number of amides is 1. The summed E-state index contributed by atoms with van der Waals surface area (Å²) in [6.45, 7) is 0. The van der Waals surface area contributed by atoms with Gasteiger partial charge in [0, 0.05) is 5.92 Å². The summed E-state index contributed by atoms with van der Waals surface area (Å²) in [5, 5.41) is 0. The standard InChI is InChI=1S/C8H15NO2/c1-11-9-8(10)7-5-3-2-4-6-7/h7H,2-6H2,1H3,(H,9,10). The molecule has 3 heteroatoms. The van der Waals surface area contributed by atoms with Crippen molar-refractivity contribution in [2.45, 2.75) is 32.1 Å². The Labute approximate surface area is 67.1 Å². The van der Waals surface area contributed by atoms with E-state index in [0.717, 1.165) is 12.8 Å². The second kappa shape index (κ2) is 4.34. The number of nitrogens with one attached hydrogen (secondary N) is 1. The van der Waals surface area contributed by atoms with Gasteiger partial charge in [-0.25, -0.2) is 5.48 Å². The molecule has 0 aromatic heterocycles. The fourth-order valence-corrected chi connectivity index (χ4v) is 1.55. The summed E-state index contributed by atoms with van der Waals surface area (Å²) in [6.07, 6.45) is 5.69. The molecule has 0 aliphatic heterocycles. The SMILES string of the molecule is CONC(=O)C1CCCCC1. The highest BCUT2D eigenvalue weighted by molar-refractivity contribution is 5.77. The molecule has 1 N–H and O–H groups in total. The van der Waals surface area contributed by atoms with E-state index in [1.807, 2.05) is 0 Å². The minimum Gasteiger partial charge on any atom is -0.277 e. The highest BCUT2D eigenvalue weighted by atomic mass is 16.6. The highest BCUT2D eigenvalue weighted by Crippen LogP contribution is 2.23. The molecule has 0 radical (unpaired) electrons. The molecule has 0 heterocycles. The van der Waals surface area contributed by atoms with E-state index in [1.165, 1.54) is 26.4 Å². The van der Waals surface area contributed by atoms with E-state index >= 15 is 0 Å². The zero-order chi connectivity index (χ0) is 8.10. The number of hydrogen-bond donors (Lipinski definition) is 1. The van der Waals surface area contributed by atoms with E-state index in [1.54, 1.807) is 0 Å². The summed E-state index contributed by atoms with van der Waals surface area (Å²) in [7, 11) is 1.47. The number of carbonyl (C=O) groups is 1. The number of hydrogen-bond acceptors (Lipinski definition) is 2. The van der Waals surface area contributed by atoms with E-state index in [0.29, 0.717) is 0 Å². The van der Waals surface area contributed by atoms with Crippen LogP contribution in [0.15, 0.2) is 0 Å². The van der Waals surface area contributed by atoms with E-state index < -0.39 is 0 Å². The van der Waals surface area contributed by atoms with Crippen molar-refractivity contribution in [1.29, 1.82) is 0 Å². The Kier molecular flexibility index (Phi) is 3.36. The number of hydroxylamine groups is 1. The van der Waals surface area contributed by atoms with Gasteiger partial charge in [-0.05, 0) is 12.8 Å². The molecular formula is C8H15NO2. The van der Waals surface area contributed by atoms with Crippen molar-refractivity contribution in [1.82, 2.24) is 5.48 Å². The first-order valence-corrected chi connectivity index (χ1v) is 4.17. The van der Waals surface area contributed by atoms with E-state index in [2.05, 4.69) is 10.3 Å². The van der Waals surface area contributed by atoms with Crippen molar-refractivity contribution in [3.63, 3.8) is 0 Å². The van der Waals surface area contributed by atoms with E-state index in [4.69, 9.17) is 0 Å². The van der Waals surface area contributed by atoms with Crippen molar-refractivity contribution >= 4 is 5.91 Å². The maximum atomic E-state index is 11.2. The first-order valence-electron chi connectivity index (χ1n) is 4.17. The van der Waals surface area contributed by atoms with Crippen LogP contribution in [0.3, 0.4) is 0 Å². The summed E-state index contributed by atoms with van der Waals surface area (Å²) in [5.41, 5.74) is 2.38. The molecule has 0 aromatic carbocycles. The summed E-state index contributed by atoms with van der Waals surface area (Å²) in [4.78, 5) is 15.7. The van der Waals surface area contributed by atoms with Crippen molar-refractivity contribution in [2.24, 2.45) is 5.92 Å². The molecule has 1 aliphatic carbocycles. The van der Waals surface area contributed by atoms with E-state index in [-0.39, 0.29) is 11.8 Å². The van der Waals surface area contributed by atoms with Gasteiger partial charge in [-0.3, -0.25) is 9.63 Å². The average Bonchev–Trinajstić information content (AvgIpc) is 2.07. The fourth-order valence-electron chi connectivity index (χ4n) is 1.55. The maximum Gasteiger partial charge on any atom is 0.246 e. The first-order chi connectivity index (χ1) is 5.34. The third kappa shape index (κ3) is 2.50. The molecule has 0 saturated heterocycles. The fraction of sp³-hybridized carbons (Fsp3) is 0.875. The molecule has 1 amide bonds. The van der Waals surface area contributed by atoms with Crippen LogP contribution in [-0.2, 0) is 9.63 Å². The summed E-state index contributed by atoms with van der Waals surface area (Å²) >= 11 is 0. The van der Waals surface area contributed by atoms with Crippen LogP contribution in [0.25, 0.3) is 0 Å². The molecule has 0 bridgehead atoms. The lowest BCUT2D eigenvalue weighted by atomic mass is 9.89. The topological polar surface area (TPSA) is 38.3 Å². The summed E-state index contributed by atoms with van der Waals surface area (Å²) < 4.78 is 0. The lowest BCUT2D eigenvalue weighted by molar-refractivity contribution is -0.136. The largest absolute Gasteiger partial charge is 0.277 e. The van der Waals surface area contributed by atoms with Crippen LogP contribution in [-0.4, -0.2) is 13.0 Å². The van der Waals surface area contributed by atoms with Crippen LogP contribution in [0.2, 0.25) is 0 Å². The minimum atomic E-state index is 0.0483. The van der Waals surface area contributed by atoms with Gasteiger partial charge in [0.15, 0.2) is 0 Å². The minimum absolute atomic E-state index is 0.0483. The zero-order valence-corrected chi connectivity index (χ0v) is 6.93. The molecule has 3 nitrogen and oxygen atoms in total. The van der Waals surface area contributed by atoms with Gasteiger partial charge in [0.05, 0.1) is 7.11 Å². The Morgan fingerprint density at radius 3 is 2.55 bits per heavy atom. The first kappa shape index (κ1) is 8.53. The molecule has 64 valence electrons. The second-order valence-corrected chi connectivity index (χ2v) is 3.01. The lowest BCUT2D eigenvalue weighted by Gasteiger charge is -2.19. The van der Waals surface area contributed by atoms with Gasteiger partial charge in [0.25, 0.3) is 0 Å². The molecule has 0 spiro atoms. The van der Waals surface area contributed by atoms with Gasteiger partial charge >= 0.3 is 0 Å². The Hall–Kier alpha value is -0.570. The van der Waals surface area contributed by atoms with Gasteiger partial charge in [0.1, 0.15) is 0 Å². The third-order valence-electron chi connectivity index (χ3n) is 2.18. The molecule has 0 aromatic rings. The molecular weight excluding hydrogens is 142 g/mol. The summed E-state index contributed by atoms with van der Waals surface area (Å²) in [6, 6.07) is 0. The van der Waals surface area contributed by atoms with Crippen LogP contribution in [0.5, 0.6) is 0 Å². The lowest BCUT2D eigenvalue weighted by Crippen LogP contribution is -2.30. The highest BCUT2D eigenvalue weighted by Gasteiger charge is 2.20. The van der Waals surface area contributed by atoms with Gasteiger partial charge in [-0.15, -0.1) is 0 Å². The van der Waals surface area contributed by atoms with Crippen molar-refractivity contribution in [2.75, 3.05) is 7.11 Å². The van der Waals surface area contributed by atoms with Crippen LogP contribution >= 0.6 is 0 Å².